The first-order valence-electron chi connectivity index (χ1n) is 12.5. The lowest BCUT2D eigenvalue weighted by atomic mass is 9.72. The smallest absolute Gasteiger partial charge is 0.197 e. The van der Waals surface area contributed by atoms with Crippen LogP contribution in [0.15, 0.2) is 115 Å². The average Bonchev–Trinajstić information content (AvgIpc) is 3.13. The lowest BCUT2D eigenvalue weighted by Crippen LogP contribution is -2.39. The molecule has 2 aliphatic rings. The van der Waals surface area contributed by atoms with E-state index in [1.165, 1.54) is 13.0 Å². The molecule has 4 aromatic carbocycles. The molecule has 0 spiro atoms. The van der Waals surface area contributed by atoms with E-state index in [0.717, 1.165) is 27.5 Å². The summed E-state index contributed by atoms with van der Waals surface area (Å²) < 4.78 is 18.2. The number of carbonyl (C=O) groups excluding carboxylic acids is 1. The van der Waals surface area contributed by atoms with Crippen LogP contribution in [-0.2, 0) is 14.5 Å². The Morgan fingerprint density at radius 1 is 0.919 bits per heavy atom. The van der Waals surface area contributed by atoms with Crippen molar-refractivity contribution in [3.8, 4) is 0 Å². The van der Waals surface area contributed by atoms with Gasteiger partial charge in [-0.2, -0.15) is 0 Å². The van der Waals surface area contributed by atoms with Crippen molar-refractivity contribution < 1.29 is 14.5 Å². The minimum Gasteiger partial charge on any atom is -0.511 e. The van der Waals surface area contributed by atoms with Crippen LogP contribution in [0.3, 0.4) is 0 Å². The second kappa shape index (κ2) is 8.69. The quantitative estimate of drug-likeness (QED) is 0.184. The monoisotopic (exact) mass is 505 g/mol. The zero-order valence-electron chi connectivity index (χ0n) is 20.8. The van der Waals surface area contributed by atoms with Crippen LogP contribution in [0.25, 0.3) is 16.8 Å². The van der Waals surface area contributed by atoms with Gasteiger partial charge in [0.05, 0.1) is 0 Å². The van der Waals surface area contributed by atoms with Crippen LogP contribution in [0.1, 0.15) is 29.7 Å². The molecule has 0 bridgehead atoms. The van der Waals surface area contributed by atoms with Gasteiger partial charge < -0.3 is 5.11 Å². The van der Waals surface area contributed by atoms with Crippen molar-refractivity contribution in [2.45, 2.75) is 18.1 Å². The fraction of sp³-hybridized carbons (Fsp3) is 0.156. The predicted octanol–water partition coefficient (Wildman–Crippen LogP) is 7.00. The van der Waals surface area contributed by atoms with Crippen molar-refractivity contribution in [1.29, 1.82) is 0 Å². The maximum Gasteiger partial charge on any atom is 0.197 e. The van der Waals surface area contributed by atoms with Gasteiger partial charge in [-0.3, -0.25) is 9.36 Å². The molecule has 0 amide bonds. The van der Waals surface area contributed by atoms with E-state index in [4.69, 9.17) is 0 Å². The van der Waals surface area contributed by atoms with E-state index in [0.29, 0.717) is 5.30 Å². The van der Waals surface area contributed by atoms with E-state index in [9.17, 15) is 9.90 Å². The molecule has 4 aromatic rings. The van der Waals surface area contributed by atoms with Gasteiger partial charge in [-0.05, 0) is 47.5 Å². The van der Waals surface area contributed by atoms with E-state index < -0.39 is 12.4 Å². The van der Waals surface area contributed by atoms with Crippen molar-refractivity contribution >= 4 is 35.2 Å². The Balaban J connectivity index is 1.80. The number of fused-ring (bicyclic) bond motifs is 4. The summed E-state index contributed by atoms with van der Waals surface area (Å²) in [5.74, 6) is -0.813. The Morgan fingerprint density at radius 2 is 1.59 bits per heavy atom. The summed E-state index contributed by atoms with van der Waals surface area (Å²) >= 11 is 0. The largest absolute Gasteiger partial charge is 0.511 e. The van der Waals surface area contributed by atoms with Gasteiger partial charge in [-0.1, -0.05) is 103 Å². The SMILES string of the molecule is CC(=O)/C=C(\O)[C@@]12c3ccccc3C=C[C@@H]1[C@H](c1ccccc1)N(C)[P@@]2(=O)c1cccc2ccccc12. The van der Waals surface area contributed by atoms with Crippen molar-refractivity contribution in [3.63, 3.8) is 0 Å². The summed E-state index contributed by atoms with van der Waals surface area (Å²) in [6.07, 6.45) is 5.40. The summed E-state index contributed by atoms with van der Waals surface area (Å²) in [5, 5.41) is 13.2. The van der Waals surface area contributed by atoms with Crippen molar-refractivity contribution in [1.82, 2.24) is 4.67 Å². The molecule has 1 aliphatic carbocycles. The number of hydrogen-bond acceptors (Lipinski definition) is 3. The Hall–Kier alpha value is -3.72. The zero-order chi connectivity index (χ0) is 25.8. The third-order valence-electron chi connectivity index (χ3n) is 7.97. The molecule has 1 heterocycles. The number of aliphatic hydroxyl groups is 1. The first-order chi connectivity index (χ1) is 17.9. The molecular weight excluding hydrogens is 477 g/mol. The lowest BCUT2D eigenvalue weighted by molar-refractivity contribution is -0.112. The molecule has 5 heteroatoms. The molecule has 4 nitrogen and oxygen atoms in total. The number of benzene rings is 4. The molecule has 0 aromatic heterocycles. The number of carbonyl (C=O) groups is 1. The molecule has 6 rings (SSSR count). The maximum atomic E-state index is 16.2. The summed E-state index contributed by atoms with van der Waals surface area (Å²) in [6, 6.07) is 31.3. The summed E-state index contributed by atoms with van der Waals surface area (Å²) in [5.41, 5.74) is 2.68. The van der Waals surface area contributed by atoms with Gasteiger partial charge in [0.2, 0.25) is 0 Å². The molecule has 0 unspecified atom stereocenters. The Labute approximate surface area is 217 Å². The molecule has 1 saturated heterocycles. The van der Waals surface area contributed by atoms with Crippen LogP contribution in [0.5, 0.6) is 0 Å². The molecule has 0 saturated carbocycles. The molecule has 0 radical (unpaired) electrons. The van der Waals surface area contributed by atoms with Crippen LogP contribution in [-0.4, -0.2) is 22.6 Å². The van der Waals surface area contributed by atoms with Crippen LogP contribution < -0.4 is 5.30 Å². The number of allylic oxidation sites excluding steroid dienone is 2. The fourth-order valence-corrected chi connectivity index (χ4v) is 10.7. The predicted molar refractivity (Wildman–Crippen MR) is 150 cm³/mol. The molecule has 1 N–H and O–H groups in total. The summed E-state index contributed by atoms with van der Waals surface area (Å²) in [6.45, 7) is 1.42. The molecular formula is C32H28NO3P. The van der Waals surface area contributed by atoms with Gasteiger partial charge in [0, 0.05) is 23.3 Å². The van der Waals surface area contributed by atoms with Gasteiger partial charge >= 0.3 is 0 Å². The lowest BCUT2D eigenvalue weighted by Gasteiger charge is -2.42. The van der Waals surface area contributed by atoms with E-state index >= 15 is 4.57 Å². The second-order valence-electron chi connectivity index (χ2n) is 9.88. The molecule has 184 valence electrons. The van der Waals surface area contributed by atoms with Gasteiger partial charge in [0.15, 0.2) is 13.1 Å². The zero-order valence-corrected chi connectivity index (χ0v) is 21.7. The standard InChI is InChI=1S/C32H28NO3P/c1-22(34)21-30(35)32-27-17-9-7-12-24(27)19-20-28(32)31(25-13-4-3-5-14-25)33(2)37(32,36)29-18-10-15-23-11-6-8-16-26(23)29/h3-21,28,31,35H,1-2H3/b30-21-/t28-,31+,32-,37-/m1/s1. The third kappa shape index (κ3) is 3.19. The number of aliphatic hydroxyl groups excluding tert-OH is 1. The number of nitrogens with zero attached hydrogens (tertiary/aromatic N) is 1. The van der Waals surface area contributed by atoms with Gasteiger partial charge in [0.25, 0.3) is 0 Å². The fourth-order valence-electron chi connectivity index (χ4n) is 6.54. The number of rotatable bonds is 4. The Bertz CT molecular complexity index is 1640. The average molecular weight is 506 g/mol. The molecule has 1 aliphatic heterocycles. The van der Waals surface area contributed by atoms with Crippen LogP contribution >= 0.6 is 7.29 Å². The van der Waals surface area contributed by atoms with Gasteiger partial charge in [-0.15, -0.1) is 0 Å². The van der Waals surface area contributed by atoms with Gasteiger partial charge in [0.1, 0.15) is 10.9 Å². The Morgan fingerprint density at radius 3 is 2.38 bits per heavy atom. The van der Waals surface area contributed by atoms with E-state index in [1.54, 1.807) is 0 Å². The normalized spacial score (nSPS) is 27.1. The Kier molecular flexibility index (Phi) is 5.56. The van der Waals surface area contributed by atoms with Crippen LogP contribution in [0.2, 0.25) is 0 Å². The van der Waals surface area contributed by atoms with Crippen LogP contribution in [0.4, 0.5) is 0 Å². The van der Waals surface area contributed by atoms with E-state index in [2.05, 4.69) is 12.2 Å². The number of ketones is 1. The maximum absolute atomic E-state index is 16.2. The van der Waals surface area contributed by atoms with Crippen molar-refractivity contribution in [3.05, 3.63) is 132 Å². The van der Waals surface area contributed by atoms with Gasteiger partial charge in [-0.25, -0.2) is 4.67 Å². The minimum absolute atomic E-state index is 0.150. The highest BCUT2D eigenvalue weighted by Gasteiger charge is 2.69. The second-order valence-corrected chi connectivity index (χ2v) is 12.9. The van der Waals surface area contributed by atoms with Crippen molar-refractivity contribution in [2.24, 2.45) is 5.92 Å². The highest BCUT2D eigenvalue weighted by Crippen LogP contribution is 2.80. The van der Waals surface area contributed by atoms with E-state index in [1.807, 2.05) is 109 Å². The summed E-state index contributed by atoms with van der Waals surface area (Å²) in [4.78, 5) is 12.4. The third-order valence-corrected chi connectivity index (χ3v) is 11.9. The molecule has 1 fully saturated rings. The van der Waals surface area contributed by atoms with Crippen LogP contribution in [0, 0.1) is 5.92 Å². The topological polar surface area (TPSA) is 57.6 Å². The number of hydrogen-bond donors (Lipinski definition) is 1. The highest BCUT2D eigenvalue weighted by atomic mass is 31.2. The molecule has 4 atom stereocenters. The first-order valence-corrected chi connectivity index (χ1v) is 14.1. The van der Waals surface area contributed by atoms with Crippen molar-refractivity contribution in [2.75, 3.05) is 7.05 Å². The van der Waals surface area contributed by atoms with E-state index in [-0.39, 0.29) is 23.5 Å². The highest BCUT2D eigenvalue weighted by molar-refractivity contribution is 7.71. The minimum atomic E-state index is -3.68. The first kappa shape index (κ1) is 23.7. The molecule has 37 heavy (non-hydrogen) atoms. The summed E-state index contributed by atoms with van der Waals surface area (Å²) in [7, 11) is -1.78.